The number of benzene rings is 8. The van der Waals surface area contributed by atoms with Crippen molar-refractivity contribution in [2.45, 2.75) is 132 Å². The number of piperidine rings is 2. The van der Waals surface area contributed by atoms with E-state index in [0.29, 0.717) is 71.2 Å². The molecule has 23 nitrogen and oxygen atoms in total. The van der Waals surface area contributed by atoms with Crippen molar-refractivity contribution in [3.63, 3.8) is 0 Å². The van der Waals surface area contributed by atoms with Gasteiger partial charge in [0.05, 0.1) is 28.1 Å². The molecule has 2 aliphatic heterocycles. The van der Waals surface area contributed by atoms with E-state index in [4.69, 9.17) is 23.2 Å². The first-order valence-corrected chi connectivity index (χ1v) is 35.6. The molecule has 540 valence electrons. The van der Waals surface area contributed by atoms with E-state index in [9.17, 15) is 30.6 Å². The summed E-state index contributed by atoms with van der Waals surface area (Å²) in [4.78, 5) is 15.2. The summed E-state index contributed by atoms with van der Waals surface area (Å²) in [5.74, 6) is -0.431. The Morgan fingerprint density at radius 3 is 0.721 bits per heavy atom. The molecule has 0 amide bonds. The number of halogens is 2. The number of alkyl halides is 2. The van der Waals surface area contributed by atoms with Crippen LogP contribution in [-0.2, 0) is 83.3 Å². The standard InChI is InChI=1S/2C35H38N8O2.2C3H7O.CH2Cl2.2Hf.O/c2*1-24-18-26(34(44)32(20-24)42-36-28-10-4-5-11-29(28)37-42)22-41(17-16-40-14-8-3-9-15-40)23-27-19-25(2)21-33(35(27)45)43-38-30-12-6-7-13-31(30)39-43;2*1-3(2)4;2-1-3;;;/h2*4-7,10-13,18-21,44-45H,3,8-9,14-17,22-23H2,1-2H3;2*3H,1-2H3;1H2;;;/q;;2*-1;;2*+4;-2/p-4. The fourth-order valence-corrected chi connectivity index (χ4v) is 12.6. The van der Waals surface area contributed by atoms with E-state index in [1.807, 2.05) is 173 Å². The molecule has 8 aromatic carbocycles. The monoisotopic (exact) mass is 1780 g/mol. The normalized spacial score (nSPS) is 13.2. The molecule has 0 N–H and O–H groups in total. The minimum Gasteiger partial charge on any atom is -2.00 e. The van der Waals surface area contributed by atoms with Crippen LogP contribution in [0.15, 0.2) is 146 Å². The van der Waals surface area contributed by atoms with Gasteiger partial charge in [-0.15, -0.1) is 76.2 Å². The van der Waals surface area contributed by atoms with Crippen molar-refractivity contribution < 1.29 is 87.8 Å². The van der Waals surface area contributed by atoms with Gasteiger partial charge in [-0.25, -0.2) is 0 Å². The number of hydrogen-bond donors (Lipinski definition) is 0. The third-order valence-electron chi connectivity index (χ3n) is 17.1. The van der Waals surface area contributed by atoms with E-state index in [0.717, 1.165) is 119 Å². The maximum atomic E-state index is 13.9. The molecule has 2 saturated heterocycles. The molecule has 0 bridgehead atoms. The largest absolute Gasteiger partial charge is 4.00 e. The molecule has 0 atom stereocenters. The number of rotatable bonds is 18. The number of aromatic nitrogens is 12. The van der Waals surface area contributed by atoms with Crippen molar-refractivity contribution in [1.82, 2.24) is 79.6 Å². The zero-order valence-corrected chi connectivity index (χ0v) is 68.9. The molecule has 27 heteroatoms. The summed E-state index contributed by atoms with van der Waals surface area (Å²) < 4.78 is 0. The predicted molar refractivity (Wildman–Crippen MR) is 389 cm³/mol. The van der Waals surface area contributed by atoms with E-state index in [-0.39, 0.29) is 85.5 Å². The number of hydrogen-bond acceptors (Lipinski definition) is 18. The Bertz CT molecular complexity index is 4000. The predicted octanol–water partition coefficient (Wildman–Crippen LogP) is 9.62. The summed E-state index contributed by atoms with van der Waals surface area (Å²) in [7, 11) is 0. The van der Waals surface area contributed by atoms with Crippen LogP contribution in [-0.4, -0.2) is 149 Å². The molecular formula is C77H88Cl2Hf2N16O7. The molecule has 0 radical (unpaired) electrons. The van der Waals surface area contributed by atoms with Crippen molar-refractivity contribution in [3.05, 3.63) is 190 Å². The molecule has 104 heavy (non-hydrogen) atoms. The summed E-state index contributed by atoms with van der Waals surface area (Å²) >= 11 is 9.53. The smallest absolute Gasteiger partial charge is 2.00 e. The van der Waals surface area contributed by atoms with Crippen LogP contribution in [0.1, 0.15) is 111 Å². The van der Waals surface area contributed by atoms with E-state index >= 15 is 0 Å². The van der Waals surface area contributed by atoms with Gasteiger partial charge in [0.15, 0.2) is 0 Å². The third-order valence-corrected chi connectivity index (χ3v) is 17.1. The minimum absolute atomic E-state index is 0. The van der Waals surface area contributed by atoms with Gasteiger partial charge in [-0.3, -0.25) is 9.80 Å². The van der Waals surface area contributed by atoms with Gasteiger partial charge in [0.25, 0.3) is 0 Å². The quantitative estimate of drug-likeness (QED) is 0.0570. The Morgan fingerprint density at radius 2 is 0.538 bits per heavy atom. The van der Waals surface area contributed by atoms with Crippen molar-refractivity contribution in [2.24, 2.45) is 0 Å². The van der Waals surface area contributed by atoms with Crippen molar-refractivity contribution >= 4 is 67.3 Å². The fourth-order valence-electron chi connectivity index (χ4n) is 12.6. The minimum atomic E-state index is -0.417. The summed E-state index contributed by atoms with van der Waals surface area (Å²) in [5.41, 5.74) is 14.1. The maximum Gasteiger partial charge on any atom is 4.00 e. The molecule has 2 aliphatic rings. The van der Waals surface area contributed by atoms with Gasteiger partial charge in [0.1, 0.15) is 44.1 Å². The van der Waals surface area contributed by atoms with Gasteiger partial charge >= 0.3 is 51.7 Å². The van der Waals surface area contributed by atoms with Gasteiger partial charge in [-0.1, -0.05) is 136 Å². The molecule has 2 fully saturated rings. The summed E-state index contributed by atoms with van der Waals surface area (Å²) in [5, 5.41) is 112. The number of likely N-dealkylation sites (tertiary alicyclic amines) is 2. The van der Waals surface area contributed by atoms with Gasteiger partial charge in [-0.05, 0) is 197 Å². The molecule has 4 aromatic heterocycles. The summed E-state index contributed by atoms with van der Waals surface area (Å²) in [6.45, 7) is 23.5. The van der Waals surface area contributed by atoms with E-state index < -0.39 is 12.2 Å². The zero-order chi connectivity index (χ0) is 71.7. The molecule has 0 saturated carbocycles. The maximum absolute atomic E-state index is 13.9. The van der Waals surface area contributed by atoms with Crippen LogP contribution in [0.4, 0.5) is 0 Å². The Kier molecular flexibility index (Phi) is 32.5. The van der Waals surface area contributed by atoms with Crippen LogP contribution in [0.3, 0.4) is 0 Å². The SMILES string of the molecule is CC(C)[O-].CC(C)[O-].Cc1cc(CN(CCN2CCCCC2)Cc2cc(C)cc(-n3nc4ccccc4n3)c2[O-])c([O-])c(-n2nc3ccccc3n2)c1.Cc1cc(CN(CCN2CCCCC2)Cc2cc(C)cc(-n3nc4ccccc4n3)c2[O-])c([O-])c(-n2nc3ccccc3n2)c1.ClCCl.[Hf+4].[Hf+4].[O-2]. The average molecular weight is 1780 g/mol. The first-order chi connectivity index (χ1) is 48.7. The van der Waals surface area contributed by atoms with Crippen molar-refractivity contribution in [1.29, 1.82) is 0 Å². The Balaban J connectivity index is 0.000000249. The fraction of sp³-hybridized carbons (Fsp3) is 0.377. The van der Waals surface area contributed by atoms with Crippen molar-refractivity contribution in [3.8, 4) is 45.7 Å². The second-order valence-electron chi connectivity index (χ2n) is 26.4. The molecule has 6 heterocycles. The summed E-state index contributed by atoms with van der Waals surface area (Å²) in [6.07, 6.45) is 6.51. The van der Waals surface area contributed by atoms with Crippen LogP contribution in [0, 0.1) is 27.7 Å². The van der Waals surface area contributed by atoms with Crippen LogP contribution in [0.2, 0.25) is 0 Å². The number of nitrogens with zero attached hydrogens (tertiary/aromatic N) is 16. The van der Waals surface area contributed by atoms with E-state index in [1.165, 1.54) is 57.7 Å². The van der Waals surface area contributed by atoms with Crippen LogP contribution < -0.4 is 30.6 Å². The van der Waals surface area contributed by atoms with Gasteiger partial charge in [-0.2, -0.15) is 19.2 Å². The second kappa shape index (κ2) is 40.4. The van der Waals surface area contributed by atoms with Crippen LogP contribution in [0.25, 0.3) is 66.9 Å². The van der Waals surface area contributed by atoms with Crippen LogP contribution in [0.5, 0.6) is 23.0 Å². The molecule has 14 rings (SSSR count). The summed E-state index contributed by atoms with van der Waals surface area (Å²) in [6, 6.07) is 45.5. The van der Waals surface area contributed by atoms with E-state index in [2.05, 4.69) is 60.4 Å². The van der Waals surface area contributed by atoms with Crippen molar-refractivity contribution in [2.75, 3.05) is 57.7 Å². The van der Waals surface area contributed by atoms with Gasteiger partial charge in [0.2, 0.25) is 0 Å². The first kappa shape index (κ1) is 83.9. The van der Waals surface area contributed by atoms with E-state index in [1.54, 1.807) is 27.7 Å². The third kappa shape index (κ3) is 22.8. The molecule has 0 spiro atoms. The molecular weight excluding hydrogens is 1690 g/mol. The zero-order valence-electron chi connectivity index (χ0n) is 60.2. The Hall–Kier alpha value is -7.40. The Labute approximate surface area is 655 Å². The average Bonchev–Trinajstić information content (AvgIpc) is 1.57. The topological polar surface area (TPSA) is 303 Å². The first-order valence-electron chi connectivity index (χ1n) is 34.6. The van der Waals surface area contributed by atoms with Crippen LogP contribution >= 0.6 is 23.2 Å². The van der Waals surface area contributed by atoms with Gasteiger partial charge in [0, 0.05) is 52.4 Å². The molecule has 12 aromatic rings. The molecule has 0 unspecified atom stereocenters. The number of fused-ring (bicyclic) bond motifs is 4. The van der Waals surface area contributed by atoms with Gasteiger partial charge < -0.3 is 45.9 Å². The Morgan fingerprint density at radius 1 is 0.356 bits per heavy atom. The molecule has 0 aliphatic carbocycles. The number of aryl methyl sites for hydroxylation is 4. The second-order valence-corrected chi connectivity index (χ2v) is 27.2.